The van der Waals surface area contributed by atoms with Crippen molar-refractivity contribution in [1.82, 2.24) is 0 Å². The number of rotatable bonds is 28. The van der Waals surface area contributed by atoms with Gasteiger partial charge in [-0.1, -0.05) is 12.2 Å². The van der Waals surface area contributed by atoms with Crippen LogP contribution < -0.4 is 47.4 Å². The van der Waals surface area contributed by atoms with Gasteiger partial charge in [-0.25, -0.2) is 0 Å². The van der Waals surface area contributed by atoms with Gasteiger partial charge in [0, 0.05) is 55.6 Å². The predicted octanol–water partition coefficient (Wildman–Crippen LogP) is 9.03. The number of hydrogen-bond acceptors (Lipinski definition) is 14. The molecular formula is C58H80N2O14+2. The molecular weight excluding hydrogens is 949 g/mol. The molecule has 4 atom stereocenters. The van der Waals surface area contributed by atoms with E-state index in [-0.39, 0.29) is 36.7 Å². The second-order valence-electron chi connectivity index (χ2n) is 19.6. The first-order chi connectivity index (χ1) is 35.7. The Labute approximate surface area is 438 Å². The quantitative estimate of drug-likeness (QED) is 0.0231. The topological polar surface area (TPSA) is 145 Å². The van der Waals surface area contributed by atoms with Crippen LogP contribution in [0.5, 0.6) is 57.5 Å². The Morgan fingerprint density at radius 3 is 1.42 bits per heavy atom. The van der Waals surface area contributed by atoms with Crippen molar-refractivity contribution in [2.75, 3.05) is 125 Å². The second-order valence-corrected chi connectivity index (χ2v) is 19.6. The van der Waals surface area contributed by atoms with Crippen LogP contribution in [0.2, 0.25) is 0 Å². The van der Waals surface area contributed by atoms with E-state index in [1.54, 1.807) is 71.1 Å². The highest BCUT2D eigenvalue weighted by molar-refractivity contribution is 5.70. The minimum Gasteiger partial charge on any atom is -0.493 e. The van der Waals surface area contributed by atoms with Crippen molar-refractivity contribution < 1.29 is 75.4 Å². The number of esters is 2. The van der Waals surface area contributed by atoms with Gasteiger partial charge in [0.1, 0.15) is 12.6 Å². The molecule has 2 heterocycles. The number of allylic oxidation sites excluding steroid dienone is 2. The zero-order chi connectivity index (χ0) is 53.4. The molecule has 2 aliphatic rings. The van der Waals surface area contributed by atoms with E-state index in [0.717, 1.165) is 65.7 Å². The van der Waals surface area contributed by atoms with Crippen LogP contribution in [0.1, 0.15) is 83.9 Å². The molecule has 4 aromatic rings. The fraction of sp³-hybridized carbons (Fsp3) is 0.517. The maximum atomic E-state index is 12.8. The monoisotopic (exact) mass is 1030 g/mol. The minimum absolute atomic E-state index is 0.0564. The average molecular weight is 1030 g/mol. The molecule has 0 saturated carbocycles. The van der Waals surface area contributed by atoms with Gasteiger partial charge in [-0.3, -0.25) is 9.59 Å². The number of hydrogen-bond donors (Lipinski definition) is 0. The summed E-state index contributed by atoms with van der Waals surface area (Å²) in [7, 11) is 20.9. The lowest BCUT2D eigenvalue weighted by Crippen LogP contribution is -2.52. The Hall–Kier alpha value is -6.52. The van der Waals surface area contributed by atoms with Crippen molar-refractivity contribution in [3.8, 4) is 57.5 Å². The van der Waals surface area contributed by atoms with Crippen LogP contribution in [0.4, 0.5) is 0 Å². The van der Waals surface area contributed by atoms with E-state index in [1.165, 1.54) is 22.3 Å². The van der Waals surface area contributed by atoms with Gasteiger partial charge in [0.05, 0.1) is 125 Å². The number of quaternary nitrogens is 2. The van der Waals surface area contributed by atoms with E-state index < -0.39 is 0 Å². The lowest BCUT2D eigenvalue weighted by Gasteiger charge is -2.46. The Balaban J connectivity index is 0.951. The van der Waals surface area contributed by atoms with Gasteiger partial charge in [0.2, 0.25) is 11.5 Å². The normalized spacial score (nSPS) is 18.9. The van der Waals surface area contributed by atoms with Crippen LogP contribution in [-0.4, -0.2) is 145 Å². The lowest BCUT2D eigenvalue weighted by atomic mass is 9.83. The van der Waals surface area contributed by atoms with Gasteiger partial charge in [0.15, 0.2) is 46.0 Å². The summed E-state index contributed by atoms with van der Waals surface area (Å²) in [6, 6.07) is 16.5. The summed E-state index contributed by atoms with van der Waals surface area (Å²) in [5.41, 5.74) is 6.95. The second kappa shape index (κ2) is 26.6. The number of carbonyl (C=O) groups excluding carboxylic acids is 2. The van der Waals surface area contributed by atoms with E-state index in [1.807, 2.05) is 36.4 Å². The molecule has 0 saturated heterocycles. The molecule has 0 amide bonds. The van der Waals surface area contributed by atoms with Gasteiger partial charge in [-0.2, -0.15) is 0 Å². The molecule has 0 bridgehead atoms. The molecule has 16 heteroatoms. The molecule has 16 nitrogen and oxygen atoms in total. The smallest absolute Gasteiger partial charge is 0.306 e. The van der Waals surface area contributed by atoms with Crippen molar-refractivity contribution in [2.24, 2.45) is 0 Å². The van der Waals surface area contributed by atoms with Crippen LogP contribution in [0, 0.1) is 0 Å². The molecule has 0 N–H and O–H groups in total. The highest BCUT2D eigenvalue weighted by atomic mass is 16.6. The average Bonchev–Trinajstić information content (AvgIpc) is 3.41. The molecule has 0 radical (unpaired) electrons. The van der Waals surface area contributed by atoms with Crippen LogP contribution >= 0.6 is 0 Å². The van der Waals surface area contributed by atoms with Crippen molar-refractivity contribution in [1.29, 1.82) is 0 Å². The zero-order valence-corrected chi connectivity index (χ0v) is 45.9. The van der Waals surface area contributed by atoms with E-state index in [9.17, 15) is 9.59 Å². The number of likely N-dealkylation sites (N-methyl/N-ethyl adjacent to an activating group) is 2. The van der Waals surface area contributed by atoms with E-state index in [0.29, 0.717) is 103 Å². The number of methoxy groups -OCH3 is 10. The van der Waals surface area contributed by atoms with Crippen molar-refractivity contribution in [3.05, 3.63) is 94.1 Å². The van der Waals surface area contributed by atoms with Crippen LogP contribution in [0.3, 0.4) is 0 Å². The van der Waals surface area contributed by atoms with Crippen LogP contribution in [-0.2, 0) is 44.9 Å². The summed E-state index contributed by atoms with van der Waals surface area (Å²) < 4.78 is 69.7. The SMILES string of the molecule is COc1cc2c(cc1OC)C(Cc1cc(OC)c(OC)c(OC)c1)C[N+](C)(CCCOC(=O)CC/C=C/CCC(=O)OCCC[N+]1(C)CCc3cc(OC)c(OC)cc3C1Cc1cc(OC)c(OC)c(OC)c1)C2. The molecule has 404 valence electrons. The first kappa shape index (κ1) is 56.8. The number of nitrogens with zero attached hydrogens (tertiary/aromatic N) is 2. The van der Waals surface area contributed by atoms with Gasteiger partial charge in [0.25, 0.3) is 0 Å². The molecule has 2 aliphatic heterocycles. The molecule has 74 heavy (non-hydrogen) atoms. The number of carbonyl (C=O) groups is 2. The van der Waals surface area contributed by atoms with Crippen molar-refractivity contribution in [2.45, 2.75) is 76.3 Å². The highest BCUT2D eigenvalue weighted by Crippen LogP contribution is 2.46. The maximum absolute atomic E-state index is 12.8. The number of fused-ring (bicyclic) bond motifs is 2. The molecule has 0 fully saturated rings. The van der Waals surface area contributed by atoms with Crippen molar-refractivity contribution >= 4 is 11.9 Å². The predicted molar refractivity (Wildman–Crippen MR) is 282 cm³/mol. The number of benzene rings is 4. The van der Waals surface area contributed by atoms with Gasteiger partial charge in [-0.05, 0) is 90.0 Å². The Bertz CT molecular complexity index is 2510. The van der Waals surface area contributed by atoms with Crippen molar-refractivity contribution in [3.63, 3.8) is 0 Å². The Morgan fingerprint density at radius 1 is 0.514 bits per heavy atom. The molecule has 0 aliphatic carbocycles. The minimum atomic E-state index is -0.244. The summed E-state index contributed by atoms with van der Waals surface area (Å²) in [4.78, 5) is 25.6. The third kappa shape index (κ3) is 13.8. The molecule has 0 aromatic heterocycles. The largest absolute Gasteiger partial charge is 0.493 e. The maximum Gasteiger partial charge on any atom is 0.306 e. The highest BCUT2D eigenvalue weighted by Gasteiger charge is 2.41. The molecule has 4 aromatic carbocycles. The van der Waals surface area contributed by atoms with E-state index in [2.05, 4.69) is 38.4 Å². The Morgan fingerprint density at radius 2 is 0.946 bits per heavy atom. The molecule has 0 spiro atoms. The van der Waals surface area contributed by atoms with E-state index in [4.69, 9.17) is 56.8 Å². The third-order valence-corrected chi connectivity index (χ3v) is 14.7. The van der Waals surface area contributed by atoms with Crippen LogP contribution in [0.25, 0.3) is 0 Å². The summed E-state index contributed by atoms with van der Waals surface area (Å²) in [5.74, 6) is 6.00. The zero-order valence-electron chi connectivity index (χ0n) is 45.9. The lowest BCUT2D eigenvalue weighted by molar-refractivity contribution is -0.941. The molecule has 4 unspecified atom stereocenters. The van der Waals surface area contributed by atoms with Gasteiger partial charge < -0.3 is 65.8 Å². The first-order valence-electron chi connectivity index (χ1n) is 25.4. The first-order valence-corrected chi connectivity index (χ1v) is 25.4. The Kier molecular flexibility index (Phi) is 20.4. The summed E-state index contributed by atoms with van der Waals surface area (Å²) in [6.45, 7) is 4.83. The van der Waals surface area contributed by atoms with Crippen LogP contribution in [0.15, 0.2) is 60.7 Å². The third-order valence-electron chi connectivity index (χ3n) is 14.7. The van der Waals surface area contributed by atoms with Gasteiger partial charge in [-0.15, -0.1) is 0 Å². The fourth-order valence-electron chi connectivity index (χ4n) is 10.9. The summed E-state index contributed by atoms with van der Waals surface area (Å²) in [5, 5.41) is 0. The molecule has 6 rings (SSSR count). The number of ether oxygens (including phenoxy) is 12. The summed E-state index contributed by atoms with van der Waals surface area (Å²) in [6.07, 6.45) is 9.16. The van der Waals surface area contributed by atoms with E-state index >= 15 is 0 Å². The fourth-order valence-corrected chi connectivity index (χ4v) is 10.9. The van der Waals surface area contributed by atoms with Gasteiger partial charge >= 0.3 is 11.9 Å². The standard InChI is InChI=1S/C58H80N2O14/c1-59(37-42(44-35-49(65-5)48(64-4)34-43(44)38-59)27-39-29-51(67-7)57(71-11)52(30-39)68-8)22-17-25-73-55(61)19-15-13-14-16-20-56(62)74-26-18-23-60(2)24-21-41-33-47(63-3)50(66-6)36-45(41)46(60)28-40-31-53(69-9)58(72-12)54(32-40)70-10/h13-14,29-36,42,46H,15-28,37-38H2,1-12H3/q+2/b14-13+. The summed E-state index contributed by atoms with van der Waals surface area (Å²) >= 11 is 0.